The molecule has 0 bridgehead atoms. The summed E-state index contributed by atoms with van der Waals surface area (Å²) in [5, 5.41) is 2.77. The molecule has 0 fully saturated rings. The molecule has 4 heteroatoms. The third-order valence-electron chi connectivity index (χ3n) is 1.83. The highest BCUT2D eigenvalue weighted by Gasteiger charge is 2.15. The fourth-order valence-electron chi connectivity index (χ4n) is 1.09. The summed E-state index contributed by atoms with van der Waals surface area (Å²) in [7, 11) is 0. The number of carbonyl (C=O) groups is 1. The third kappa shape index (κ3) is 11.3. The van der Waals surface area contributed by atoms with Gasteiger partial charge in [0.15, 0.2) is 0 Å². The van der Waals surface area contributed by atoms with Crippen LogP contribution in [0.25, 0.3) is 0 Å². The Labute approximate surface area is 92.6 Å². The molecule has 0 aromatic carbocycles. The summed E-state index contributed by atoms with van der Waals surface area (Å²) in [5.41, 5.74) is 5.28. The number of rotatable bonds is 8. The molecule has 0 aromatic heterocycles. The van der Waals surface area contributed by atoms with Crippen molar-refractivity contribution in [1.29, 1.82) is 0 Å². The molecule has 0 atom stereocenters. The van der Waals surface area contributed by atoms with Crippen molar-refractivity contribution in [2.45, 2.75) is 45.6 Å². The van der Waals surface area contributed by atoms with E-state index in [0.717, 1.165) is 19.4 Å². The summed E-state index contributed by atoms with van der Waals surface area (Å²) in [5.74, 6) is -0.0124. The summed E-state index contributed by atoms with van der Waals surface area (Å²) in [6.07, 6.45) is 2.56. The standard InChI is InChI=1S/C11H24N2O2/c1-4-5-7-15-8-6-13-10(14)9-11(2,3)12/h4-9,12H2,1-3H3,(H,13,14). The van der Waals surface area contributed by atoms with E-state index in [9.17, 15) is 4.79 Å². The van der Waals surface area contributed by atoms with E-state index < -0.39 is 5.54 Å². The predicted octanol–water partition coefficient (Wildman–Crippen LogP) is 1.05. The minimum atomic E-state index is -0.437. The Kier molecular flexibility index (Phi) is 7.34. The molecule has 3 N–H and O–H groups in total. The van der Waals surface area contributed by atoms with Crippen molar-refractivity contribution in [3.8, 4) is 0 Å². The van der Waals surface area contributed by atoms with Gasteiger partial charge in [0.05, 0.1) is 6.61 Å². The van der Waals surface area contributed by atoms with Crippen molar-refractivity contribution >= 4 is 5.91 Å². The van der Waals surface area contributed by atoms with Crippen LogP contribution in [-0.2, 0) is 9.53 Å². The first-order valence-electron chi connectivity index (χ1n) is 5.59. The molecule has 0 unspecified atom stereocenters. The zero-order chi connectivity index (χ0) is 11.7. The van der Waals surface area contributed by atoms with Crippen molar-refractivity contribution in [1.82, 2.24) is 5.32 Å². The first-order valence-corrected chi connectivity index (χ1v) is 5.59. The second-order valence-electron chi connectivity index (χ2n) is 4.48. The van der Waals surface area contributed by atoms with Gasteiger partial charge in [0.25, 0.3) is 0 Å². The molecule has 0 saturated heterocycles. The van der Waals surface area contributed by atoms with Gasteiger partial charge in [-0.25, -0.2) is 0 Å². The maximum atomic E-state index is 11.3. The Balaban J connectivity index is 3.32. The highest BCUT2D eigenvalue weighted by molar-refractivity contribution is 5.76. The van der Waals surface area contributed by atoms with E-state index in [2.05, 4.69) is 12.2 Å². The SMILES string of the molecule is CCCCOCCNC(=O)CC(C)(C)N. The Morgan fingerprint density at radius 2 is 2.07 bits per heavy atom. The smallest absolute Gasteiger partial charge is 0.221 e. The second-order valence-corrected chi connectivity index (χ2v) is 4.48. The van der Waals surface area contributed by atoms with Gasteiger partial charge in [-0.2, -0.15) is 0 Å². The van der Waals surface area contributed by atoms with Gasteiger partial charge in [0.2, 0.25) is 5.91 Å². The van der Waals surface area contributed by atoms with Crippen LogP contribution < -0.4 is 11.1 Å². The van der Waals surface area contributed by atoms with Gasteiger partial charge in [-0.15, -0.1) is 0 Å². The van der Waals surface area contributed by atoms with E-state index in [4.69, 9.17) is 10.5 Å². The number of nitrogens with two attached hydrogens (primary N) is 1. The number of carbonyl (C=O) groups excluding carboxylic acids is 1. The molecule has 4 nitrogen and oxygen atoms in total. The lowest BCUT2D eigenvalue weighted by Gasteiger charge is -2.17. The van der Waals surface area contributed by atoms with Crippen LogP contribution in [0.2, 0.25) is 0 Å². The molecular formula is C11H24N2O2. The van der Waals surface area contributed by atoms with Crippen LogP contribution in [-0.4, -0.2) is 31.2 Å². The molecular weight excluding hydrogens is 192 g/mol. The monoisotopic (exact) mass is 216 g/mol. The fourth-order valence-corrected chi connectivity index (χ4v) is 1.09. The quantitative estimate of drug-likeness (QED) is 0.596. The van der Waals surface area contributed by atoms with Gasteiger partial charge < -0.3 is 15.8 Å². The van der Waals surface area contributed by atoms with E-state index in [1.54, 1.807) is 0 Å². The van der Waals surface area contributed by atoms with Crippen molar-refractivity contribution in [3.05, 3.63) is 0 Å². The summed E-state index contributed by atoms with van der Waals surface area (Å²) < 4.78 is 5.31. The van der Waals surface area contributed by atoms with Gasteiger partial charge in [0, 0.05) is 25.1 Å². The molecule has 0 heterocycles. The maximum Gasteiger partial charge on any atom is 0.221 e. The molecule has 0 aliphatic rings. The normalized spacial score (nSPS) is 11.5. The van der Waals surface area contributed by atoms with Gasteiger partial charge in [-0.1, -0.05) is 13.3 Å². The first kappa shape index (κ1) is 14.4. The molecule has 0 aromatic rings. The van der Waals surface area contributed by atoms with Gasteiger partial charge in [-0.05, 0) is 20.3 Å². The third-order valence-corrected chi connectivity index (χ3v) is 1.83. The highest BCUT2D eigenvalue weighted by Crippen LogP contribution is 2.02. The topological polar surface area (TPSA) is 64.3 Å². The zero-order valence-corrected chi connectivity index (χ0v) is 10.1. The van der Waals surface area contributed by atoms with Gasteiger partial charge in [-0.3, -0.25) is 4.79 Å². The second kappa shape index (κ2) is 7.65. The highest BCUT2D eigenvalue weighted by atomic mass is 16.5. The largest absolute Gasteiger partial charge is 0.380 e. The lowest BCUT2D eigenvalue weighted by molar-refractivity contribution is -0.122. The molecule has 0 rings (SSSR count). The summed E-state index contributed by atoms with van der Waals surface area (Å²) in [6.45, 7) is 7.72. The van der Waals surface area contributed by atoms with Crippen molar-refractivity contribution in [2.24, 2.45) is 5.73 Å². The van der Waals surface area contributed by atoms with Crippen LogP contribution >= 0.6 is 0 Å². The van der Waals surface area contributed by atoms with E-state index in [-0.39, 0.29) is 5.91 Å². The lowest BCUT2D eigenvalue weighted by atomic mass is 10.0. The summed E-state index contributed by atoms with van der Waals surface area (Å²) in [6, 6.07) is 0. The number of amides is 1. The molecule has 0 radical (unpaired) electrons. The van der Waals surface area contributed by atoms with Crippen LogP contribution in [0, 0.1) is 0 Å². The Morgan fingerprint density at radius 1 is 1.40 bits per heavy atom. The molecule has 0 aliphatic carbocycles. The van der Waals surface area contributed by atoms with E-state index >= 15 is 0 Å². The fraction of sp³-hybridized carbons (Fsp3) is 0.909. The van der Waals surface area contributed by atoms with Crippen LogP contribution in [0.1, 0.15) is 40.0 Å². The van der Waals surface area contributed by atoms with E-state index in [1.165, 1.54) is 0 Å². The zero-order valence-electron chi connectivity index (χ0n) is 10.1. The van der Waals surface area contributed by atoms with Crippen LogP contribution in [0.15, 0.2) is 0 Å². The summed E-state index contributed by atoms with van der Waals surface area (Å²) >= 11 is 0. The van der Waals surface area contributed by atoms with E-state index in [1.807, 2.05) is 13.8 Å². The minimum Gasteiger partial charge on any atom is -0.380 e. The van der Waals surface area contributed by atoms with Crippen molar-refractivity contribution < 1.29 is 9.53 Å². The number of unbranched alkanes of at least 4 members (excludes halogenated alkanes) is 1. The lowest BCUT2D eigenvalue weighted by Crippen LogP contribution is -2.39. The molecule has 0 spiro atoms. The first-order chi connectivity index (χ1) is 6.95. The number of hydrogen-bond donors (Lipinski definition) is 2. The Morgan fingerprint density at radius 3 is 2.60 bits per heavy atom. The molecule has 90 valence electrons. The van der Waals surface area contributed by atoms with Crippen LogP contribution in [0.3, 0.4) is 0 Å². The molecule has 0 aliphatic heterocycles. The van der Waals surface area contributed by atoms with Crippen molar-refractivity contribution in [3.63, 3.8) is 0 Å². The molecule has 1 amide bonds. The maximum absolute atomic E-state index is 11.3. The van der Waals surface area contributed by atoms with Gasteiger partial charge >= 0.3 is 0 Å². The molecule has 0 saturated carbocycles. The van der Waals surface area contributed by atoms with Crippen molar-refractivity contribution in [2.75, 3.05) is 19.8 Å². The Hall–Kier alpha value is -0.610. The summed E-state index contributed by atoms with van der Waals surface area (Å²) in [4.78, 5) is 11.3. The van der Waals surface area contributed by atoms with Crippen LogP contribution in [0.5, 0.6) is 0 Å². The van der Waals surface area contributed by atoms with Gasteiger partial charge in [0.1, 0.15) is 0 Å². The number of ether oxygens (including phenoxy) is 1. The average Bonchev–Trinajstić information content (AvgIpc) is 2.08. The number of nitrogens with one attached hydrogen (secondary N) is 1. The Bertz CT molecular complexity index is 176. The molecule has 15 heavy (non-hydrogen) atoms. The van der Waals surface area contributed by atoms with Crippen LogP contribution in [0.4, 0.5) is 0 Å². The predicted molar refractivity (Wildman–Crippen MR) is 61.6 cm³/mol. The number of hydrogen-bond acceptors (Lipinski definition) is 3. The minimum absolute atomic E-state index is 0.0124. The average molecular weight is 216 g/mol. The van der Waals surface area contributed by atoms with E-state index in [0.29, 0.717) is 19.6 Å².